The molecule has 7 nitrogen and oxygen atoms in total. The van der Waals surface area contributed by atoms with Gasteiger partial charge in [-0.3, -0.25) is 9.79 Å². The molecule has 1 aromatic rings. The number of nitrogens with zero attached hydrogens (tertiary/aromatic N) is 2. The van der Waals surface area contributed by atoms with Crippen molar-refractivity contribution in [2.24, 2.45) is 10.9 Å². The second-order valence-electron chi connectivity index (χ2n) is 5.07. The Bertz CT molecular complexity index is 672. The molecule has 1 aliphatic heterocycles. The average molecular weight is 349 g/mol. The van der Waals surface area contributed by atoms with Crippen molar-refractivity contribution >= 4 is 22.7 Å². The summed E-state index contributed by atoms with van der Waals surface area (Å²) < 4.78 is 10.1. The first-order valence-corrected chi connectivity index (χ1v) is 8.25. The van der Waals surface area contributed by atoms with Crippen LogP contribution in [0.2, 0.25) is 0 Å². The number of nitrogens with one attached hydrogen (secondary N) is 1. The van der Waals surface area contributed by atoms with Gasteiger partial charge < -0.3 is 19.9 Å². The second-order valence-corrected chi connectivity index (χ2v) is 6.19. The van der Waals surface area contributed by atoms with Gasteiger partial charge in [0.1, 0.15) is 5.37 Å². The maximum atomic E-state index is 12.2. The number of amides is 1. The number of aromatic hydroxyl groups is 1. The lowest BCUT2D eigenvalue weighted by Gasteiger charge is -2.27. The number of hydrogen-bond acceptors (Lipinski definition) is 7. The summed E-state index contributed by atoms with van der Waals surface area (Å²) >= 11 is 1.32. The molecule has 1 aromatic carbocycles. The van der Waals surface area contributed by atoms with Gasteiger partial charge in [-0.25, -0.2) is 0 Å². The van der Waals surface area contributed by atoms with Crippen LogP contribution in [0, 0.1) is 17.2 Å². The van der Waals surface area contributed by atoms with Crippen LogP contribution in [0.1, 0.15) is 17.4 Å². The zero-order valence-electron chi connectivity index (χ0n) is 13.5. The highest BCUT2D eigenvalue weighted by Crippen LogP contribution is 2.37. The summed E-state index contributed by atoms with van der Waals surface area (Å²) in [6.45, 7) is 1.07. The van der Waals surface area contributed by atoms with E-state index in [1.54, 1.807) is 19.2 Å². The maximum Gasteiger partial charge on any atom is 0.245 e. The lowest BCUT2D eigenvalue weighted by Crippen LogP contribution is -2.41. The maximum absolute atomic E-state index is 12.2. The molecule has 24 heavy (non-hydrogen) atoms. The van der Waals surface area contributed by atoms with Gasteiger partial charge in [0, 0.05) is 20.3 Å². The molecule has 128 valence electrons. The lowest BCUT2D eigenvalue weighted by molar-refractivity contribution is -0.122. The zero-order valence-corrected chi connectivity index (χ0v) is 14.3. The summed E-state index contributed by atoms with van der Waals surface area (Å²) in [5.41, 5.74) is 0.754. The molecule has 1 amide bonds. The Balaban J connectivity index is 2.21. The Morgan fingerprint density at radius 1 is 1.46 bits per heavy atom. The van der Waals surface area contributed by atoms with Gasteiger partial charge in [0.15, 0.2) is 17.4 Å². The third-order valence-corrected chi connectivity index (χ3v) is 4.66. The van der Waals surface area contributed by atoms with Crippen molar-refractivity contribution in [1.29, 1.82) is 5.26 Å². The fourth-order valence-electron chi connectivity index (χ4n) is 2.19. The molecule has 0 spiro atoms. The summed E-state index contributed by atoms with van der Waals surface area (Å²) in [6, 6.07) is 6.85. The van der Waals surface area contributed by atoms with Crippen molar-refractivity contribution in [2.75, 3.05) is 27.4 Å². The van der Waals surface area contributed by atoms with E-state index < -0.39 is 11.3 Å². The SMILES string of the molecule is COCCCN=C1S[C@@H](c2ccc(O)c(OC)c2)NC(=O)C1C#N. The van der Waals surface area contributed by atoms with Crippen molar-refractivity contribution in [3.8, 4) is 17.6 Å². The number of hydrogen-bond donors (Lipinski definition) is 2. The van der Waals surface area contributed by atoms with Gasteiger partial charge in [-0.05, 0) is 24.1 Å². The highest BCUT2D eigenvalue weighted by atomic mass is 32.2. The molecule has 0 aliphatic carbocycles. The molecule has 1 heterocycles. The van der Waals surface area contributed by atoms with Gasteiger partial charge >= 0.3 is 0 Å². The van der Waals surface area contributed by atoms with E-state index in [1.807, 2.05) is 6.07 Å². The van der Waals surface area contributed by atoms with Gasteiger partial charge in [0.05, 0.1) is 18.2 Å². The monoisotopic (exact) mass is 349 g/mol. The molecule has 0 bridgehead atoms. The number of phenolic OH excluding ortho intramolecular Hbond substituents is 1. The average Bonchev–Trinajstić information content (AvgIpc) is 2.58. The summed E-state index contributed by atoms with van der Waals surface area (Å²) in [7, 11) is 3.07. The smallest absolute Gasteiger partial charge is 0.245 e. The largest absolute Gasteiger partial charge is 0.504 e. The standard InChI is InChI=1S/C16H19N3O4S/c1-22-7-3-6-18-16-11(9-17)14(21)19-15(24-16)10-4-5-12(20)13(8-10)23-2/h4-5,8,11,15,20H,3,6-7H2,1-2H3,(H,19,21)/t11?,15-/m0/s1. The van der Waals surface area contributed by atoms with Crippen LogP contribution >= 0.6 is 11.8 Å². The normalized spacial score (nSPS) is 22.0. The first-order valence-electron chi connectivity index (χ1n) is 7.37. The Kier molecular flexibility index (Phi) is 6.46. The third-order valence-electron chi connectivity index (χ3n) is 3.43. The molecular weight excluding hydrogens is 330 g/mol. The minimum absolute atomic E-state index is 0.0248. The van der Waals surface area contributed by atoms with Crippen molar-refractivity contribution in [1.82, 2.24) is 5.32 Å². The van der Waals surface area contributed by atoms with Gasteiger partial charge in [-0.2, -0.15) is 5.26 Å². The summed E-state index contributed by atoms with van der Waals surface area (Å²) in [5.74, 6) is -0.924. The fourth-order valence-corrected chi connectivity index (χ4v) is 3.35. The molecule has 0 radical (unpaired) electrons. The Labute approximate surface area is 144 Å². The Morgan fingerprint density at radius 3 is 2.92 bits per heavy atom. The van der Waals surface area contributed by atoms with Crippen LogP contribution < -0.4 is 10.1 Å². The Hall–Kier alpha value is -2.24. The van der Waals surface area contributed by atoms with E-state index in [0.717, 1.165) is 12.0 Å². The van der Waals surface area contributed by atoms with Crippen LogP contribution in [0.5, 0.6) is 11.5 Å². The molecule has 1 aliphatic rings. The van der Waals surface area contributed by atoms with Crippen LogP contribution in [0.3, 0.4) is 0 Å². The highest BCUT2D eigenvalue weighted by molar-refractivity contribution is 8.14. The Morgan fingerprint density at radius 2 is 2.25 bits per heavy atom. The van der Waals surface area contributed by atoms with Crippen molar-refractivity contribution in [3.63, 3.8) is 0 Å². The van der Waals surface area contributed by atoms with E-state index in [0.29, 0.717) is 23.9 Å². The molecule has 0 aromatic heterocycles. The molecule has 1 unspecified atom stereocenters. The summed E-state index contributed by atoms with van der Waals surface area (Å²) in [5, 5.41) is 21.8. The molecule has 8 heteroatoms. The number of carbonyl (C=O) groups is 1. The fraction of sp³-hybridized carbons (Fsp3) is 0.438. The third kappa shape index (κ3) is 4.19. The first-order chi connectivity index (χ1) is 11.6. The molecule has 0 saturated carbocycles. The van der Waals surface area contributed by atoms with E-state index in [1.165, 1.54) is 24.9 Å². The molecule has 1 fully saturated rings. The zero-order chi connectivity index (χ0) is 17.5. The van der Waals surface area contributed by atoms with Crippen molar-refractivity contribution < 1.29 is 19.4 Å². The van der Waals surface area contributed by atoms with Gasteiger partial charge in [0.25, 0.3) is 0 Å². The number of ether oxygens (including phenoxy) is 2. The highest BCUT2D eigenvalue weighted by Gasteiger charge is 2.35. The molecule has 2 N–H and O–H groups in total. The van der Waals surface area contributed by atoms with E-state index in [4.69, 9.17) is 9.47 Å². The van der Waals surface area contributed by atoms with Crippen LogP contribution in [0.4, 0.5) is 0 Å². The first kappa shape index (κ1) is 18.1. The number of aliphatic imine (C=N–C) groups is 1. The van der Waals surface area contributed by atoms with E-state index >= 15 is 0 Å². The molecule has 1 saturated heterocycles. The molecule has 2 atom stereocenters. The second kappa shape index (κ2) is 8.57. The number of nitriles is 1. The van der Waals surface area contributed by atoms with Crippen LogP contribution in [-0.4, -0.2) is 43.4 Å². The van der Waals surface area contributed by atoms with E-state index in [9.17, 15) is 15.2 Å². The number of carbonyl (C=O) groups excluding carboxylic acids is 1. The number of thioether (sulfide) groups is 1. The van der Waals surface area contributed by atoms with E-state index in [2.05, 4.69) is 10.3 Å². The van der Waals surface area contributed by atoms with Crippen LogP contribution in [-0.2, 0) is 9.53 Å². The van der Waals surface area contributed by atoms with Crippen LogP contribution in [0.15, 0.2) is 23.2 Å². The predicted octanol–water partition coefficient (Wildman–Crippen LogP) is 1.84. The number of benzene rings is 1. The molecular formula is C16H19N3O4S. The van der Waals surface area contributed by atoms with Crippen molar-refractivity contribution in [2.45, 2.75) is 11.8 Å². The van der Waals surface area contributed by atoms with E-state index in [-0.39, 0.29) is 11.7 Å². The number of phenols is 1. The predicted molar refractivity (Wildman–Crippen MR) is 91.0 cm³/mol. The molecule has 2 rings (SSSR count). The summed E-state index contributed by atoms with van der Waals surface area (Å²) in [6.07, 6.45) is 0.720. The topological polar surface area (TPSA) is 104 Å². The van der Waals surface area contributed by atoms with Gasteiger partial charge in [-0.15, -0.1) is 0 Å². The number of methoxy groups -OCH3 is 2. The summed E-state index contributed by atoms with van der Waals surface area (Å²) in [4.78, 5) is 16.6. The van der Waals surface area contributed by atoms with Gasteiger partial charge in [-0.1, -0.05) is 17.8 Å². The van der Waals surface area contributed by atoms with Gasteiger partial charge in [0.2, 0.25) is 5.91 Å². The van der Waals surface area contributed by atoms with Crippen molar-refractivity contribution in [3.05, 3.63) is 23.8 Å². The number of rotatable bonds is 6. The van der Waals surface area contributed by atoms with Crippen LogP contribution in [0.25, 0.3) is 0 Å². The quantitative estimate of drug-likeness (QED) is 0.760. The minimum atomic E-state index is -0.896. The lowest BCUT2D eigenvalue weighted by atomic mass is 10.1. The minimum Gasteiger partial charge on any atom is -0.504 e.